The van der Waals surface area contributed by atoms with Crippen LogP contribution in [0.3, 0.4) is 0 Å². The largest absolute Gasteiger partial charge is 0.381 e. The number of nitrogens with one attached hydrogen (secondary N) is 2. The van der Waals surface area contributed by atoms with Gasteiger partial charge in [-0.05, 0) is 25.0 Å². The number of carbonyl (C=O) groups is 2. The summed E-state index contributed by atoms with van der Waals surface area (Å²) in [5, 5.41) is 5.52. The van der Waals surface area contributed by atoms with Crippen LogP contribution in [0.2, 0.25) is 0 Å². The first-order valence-corrected chi connectivity index (χ1v) is 7.10. The Balaban J connectivity index is 1.70. The fourth-order valence-corrected chi connectivity index (χ4v) is 2.18. The monoisotopic (exact) mass is 291 g/mol. The van der Waals surface area contributed by atoms with E-state index in [9.17, 15) is 9.59 Å². The van der Waals surface area contributed by atoms with Gasteiger partial charge in [0.25, 0.3) is 5.91 Å². The van der Waals surface area contributed by atoms with Crippen molar-refractivity contribution in [2.24, 2.45) is 5.73 Å². The van der Waals surface area contributed by atoms with E-state index in [-0.39, 0.29) is 11.8 Å². The highest BCUT2D eigenvalue weighted by atomic mass is 16.5. The summed E-state index contributed by atoms with van der Waals surface area (Å²) >= 11 is 0. The van der Waals surface area contributed by atoms with E-state index >= 15 is 0 Å². The quantitative estimate of drug-likeness (QED) is 0.668. The molecule has 21 heavy (non-hydrogen) atoms. The van der Waals surface area contributed by atoms with Crippen LogP contribution in [0.15, 0.2) is 30.3 Å². The molecule has 2 amide bonds. The number of benzene rings is 1. The van der Waals surface area contributed by atoms with Crippen molar-refractivity contribution < 1.29 is 14.3 Å². The smallest absolute Gasteiger partial charge is 0.251 e. The molecule has 1 heterocycles. The molecule has 1 aromatic rings. The summed E-state index contributed by atoms with van der Waals surface area (Å²) in [6.45, 7) is 1.74. The first-order valence-electron chi connectivity index (χ1n) is 7.10. The number of hydrogen-bond donors (Lipinski definition) is 3. The van der Waals surface area contributed by atoms with Crippen molar-refractivity contribution in [3.05, 3.63) is 35.9 Å². The van der Waals surface area contributed by atoms with Gasteiger partial charge in [-0.15, -0.1) is 0 Å². The number of rotatable bonds is 5. The predicted octanol–water partition coefficient (Wildman–Crippen LogP) is 0.0405. The van der Waals surface area contributed by atoms with Crippen LogP contribution >= 0.6 is 0 Å². The van der Waals surface area contributed by atoms with E-state index in [4.69, 9.17) is 10.5 Å². The number of amides is 2. The molecule has 1 fully saturated rings. The van der Waals surface area contributed by atoms with Crippen LogP contribution in [0, 0.1) is 0 Å². The van der Waals surface area contributed by atoms with Crippen molar-refractivity contribution in [3.8, 4) is 0 Å². The van der Waals surface area contributed by atoms with E-state index in [2.05, 4.69) is 10.6 Å². The van der Waals surface area contributed by atoms with Gasteiger partial charge in [0.2, 0.25) is 5.91 Å². The topological polar surface area (TPSA) is 93.5 Å². The fourth-order valence-electron chi connectivity index (χ4n) is 2.18. The van der Waals surface area contributed by atoms with Crippen LogP contribution in [-0.2, 0) is 9.53 Å². The van der Waals surface area contributed by atoms with Crippen molar-refractivity contribution >= 4 is 11.8 Å². The molecular weight excluding hydrogens is 270 g/mol. The Morgan fingerprint density at radius 1 is 1.10 bits per heavy atom. The molecule has 114 valence electrons. The molecule has 2 rings (SSSR count). The van der Waals surface area contributed by atoms with Gasteiger partial charge in [0.1, 0.15) is 0 Å². The highest BCUT2D eigenvalue weighted by Crippen LogP contribution is 2.17. The normalized spacial score (nSPS) is 17.0. The maximum Gasteiger partial charge on any atom is 0.251 e. The van der Waals surface area contributed by atoms with Crippen LogP contribution in [0.1, 0.15) is 23.2 Å². The second-order valence-electron chi connectivity index (χ2n) is 5.15. The SMILES string of the molecule is NC1(C(=O)NCCNC(=O)c2ccccc2)CCOCC1. The van der Waals surface area contributed by atoms with Gasteiger partial charge in [-0.3, -0.25) is 9.59 Å². The Hall–Kier alpha value is -1.92. The van der Waals surface area contributed by atoms with E-state index in [0.29, 0.717) is 44.7 Å². The lowest BCUT2D eigenvalue weighted by Gasteiger charge is -2.31. The molecule has 0 unspecified atom stereocenters. The van der Waals surface area contributed by atoms with Gasteiger partial charge in [0, 0.05) is 31.9 Å². The molecular formula is C15H21N3O3. The molecule has 6 heteroatoms. The highest BCUT2D eigenvalue weighted by Gasteiger charge is 2.35. The second-order valence-corrected chi connectivity index (χ2v) is 5.15. The molecule has 0 spiro atoms. The van der Waals surface area contributed by atoms with Gasteiger partial charge >= 0.3 is 0 Å². The number of ether oxygens (including phenoxy) is 1. The zero-order chi connectivity index (χ0) is 15.1. The summed E-state index contributed by atoms with van der Waals surface area (Å²) in [5.74, 6) is -0.335. The molecule has 0 bridgehead atoms. The van der Waals surface area contributed by atoms with E-state index in [1.807, 2.05) is 6.07 Å². The lowest BCUT2D eigenvalue weighted by Crippen LogP contribution is -2.57. The Labute approximate surface area is 124 Å². The minimum atomic E-state index is -0.846. The van der Waals surface area contributed by atoms with Crippen LogP contribution in [0.25, 0.3) is 0 Å². The first-order chi connectivity index (χ1) is 10.1. The van der Waals surface area contributed by atoms with E-state index in [1.165, 1.54) is 0 Å². The zero-order valence-electron chi connectivity index (χ0n) is 11.9. The molecule has 0 atom stereocenters. The van der Waals surface area contributed by atoms with E-state index < -0.39 is 5.54 Å². The van der Waals surface area contributed by atoms with Gasteiger partial charge in [-0.2, -0.15) is 0 Å². The molecule has 6 nitrogen and oxygen atoms in total. The molecule has 0 aromatic heterocycles. The molecule has 0 saturated carbocycles. The zero-order valence-corrected chi connectivity index (χ0v) is 11.9. The van der Waals surface area contributed by atoms with Crippen molar-refractivity contribution in [1.82, 2.24) is 10.6 Å². The summed E-state index contributed by atoms with van der Waals surface area (Å²) < 4.78 is 5.20. The van der Waals surface area contributed by atoms with Gasteiger partial charge in [0.05, 0.1) is 5.54 Å². The third-order valence-electron chi connectivity index (χ3n) is 3.57. The van der Waals surface area contributed by atoms with E-state index in [0.717, 1.165) is 0 Å². The third kappa shape index (κ3) is 4.27. The number of carbonyl (C=O) groups excluding carboxylic acids is 2. The first kappa shape index (κ1) is 15.5. The molecule has 4 N–H and O–H groups in total. The molecule has 1 aliphatic rings. The van der Waals surface area contributed by atoms with Crippen LogP contribution < -0.4 is 16.4 Å². The van der Waals surface area contributed by atoms with E-state index in [1.54, 1.807) is 24.3 Å². The van der Waals surface area contributed by atoms with Gasteiger partial charge < -0.3 is 21.1 Å². The maximum atomic E-state index is 12.0. The summed E-state index contributed by atoms with van der Waals surface area (Å²) in [5.41, 5.74) is 5.81. The summed E-state index contributed by atoms with van der Waals surface area (Å²) in [6, 6.07) is 8.95. The van der Waals surface area contributed by atoms with Crippen LogP contribution in [0.4, 0.5) is 0 Å². The summed E-state index contributed by atoms with van der Waals surface area (Å²) in [7, 11) is 0. The second kappa shape index (κ2) is 7.19. The fraction of sp³-hybridized carbons (Fsp3) is 0.467. The highest BCUT2D eigenvalue weighted by molar-refractivity contribution is 5.94. The van der Waals surface area contributed by atoms with Crippen molar-refractivity contribution in [3.63, 3.8) is 0 Å². The average molecular weight is 291 g/mol. The Morgan fingerprint density at radius 3 is 2.38 bits per heavy atom. The minimum absolute atomic E-state index is 0.154. The van der Waals surface area contributed by atoms with Crippen molar-refractivity contribution in [2.75, 3.05) is 26.3 Å². The summed E-state index contributed by atoms with van der Waals surface area (Å²) in [4.78, 5) is 23.8. The Bertz CT molecular complexity index is 484. The van der Waals surface area contributed by atoms with Gasteiger partial charge in [-0.1, -0.05) is 18.2 Å². The molecule has 0 aliphatic carbocycles. The van der Waals surface area contributed by atoms with Gasteiger partial charge in [0.15, 0.2) is 0 Å². The third-order valence-corrected chi connectivity index (χ3v) is 3.57. The van der Waals surface area contributed by atoms with Crippen LogP contribution in [-0.4, -0.2) is 43.7 Å². The summed E-state index contributed by atoms with van der Waals surface area (Å²) in [6.07, 6.45) is 1.05. The molecule has 0 radical (unpaired) electrons. The molecule has 1 aliphatic heterocycles. The maximum absolute atomic E-state index is 12.0. The molecule has 1 saturated heterocycles. The van der Waals surface area contributed by atoms with Crippen LogP contribution in [0.5, 0.6) is 0 Å². The minimum Gasteiger partial charge on any atom is -0.381 e. The van der Waals surface area contributed by atoms with Crippen molar-refractivity contribution in [1.29, 1.82) is 0 Å². The molecule has 1 aromatic carbocycles. The standard InChI is InChI=1S/C15H21N3O3/c16-15(6-10-21-11-7-15)14(20)18-9-8-17-13(19)12-4-2-1-3-5-12/h1-5H,6-11,16H2,(H,17,19)(H,18,20). The average Bonchev–Trinajstić information content (AvgIpc) is 2.52. The predicted molar refractivity (Wildman–Crippen MR) is 78.8 cm³/mol. The Kier molecular flexibility index (Phi) is 5.30. The number of hydrogen-bond acceptors (Lipinski definition) is 4. The van der Waals surface area contributed by atoms with Crippen molar-refractivity contribution in [2.45, 2.75) is 18.4 Å². The Morgan fingerprint density at radius 2 is 1.71 bits per heavy atom. The van der Waals surface area contributed by atoms with Gasteiger partial charge in [-0.25, -0.2) is 0 Å². The lowest BCUT2D eigenvalue weighted by atomic mass is 9.90. The number of nitrogens with two attached hydrogens (primary N) is 1. The lowest BCUT2D eigenvalue weighted by molar-refractivity contribution is -0.129.